The monoisotopic (exact) mass is 285 g/mol. The third-order valence-electron chi connectivity index (χ3n) is 4.16. The summed E-state index contributed by atoms with van der Waals surface area (Å²) in [4.78, 5) is 18.5. The fourth-order valence-corrected chi connectivity index (χ4v) is 3.07. The highest BCUT2D eigenvalue weighted by Crippen LogP contribution is 2.32. The van der Waals surface area contributed by atoms with Crippen LogP contribution in [0.2, 0.25) is 0 Å². The topological polar surface area (TPSA) is 56.4 Å². The van der Waals surface area contributed by atoms with E-state index in [0.717, 1.165) is 34.1 Å². The second-order valence-corrected chi connectivity index (χ2v) is 5.48. The quantitative estimate of drug-likeness (QED) is 0.772. The average Bonchev–Trinajstić information content (AvgIpc) is 3.07. The zero-order valence-electron chi connectivity index (χ0n) is 12.1. The van der Waals surface area contributed by atoms with Gasteiger partial charge in [0, 0.05) is 12.4 Å². The molecule has 3 aliphatic rings. The third kappa shape index (κ3) is 1.70. The Kier molecular flexibility index (Phi) is 2.44. The smallest absolute Gasteiger partial charge is 0.313 e. The van der Waals surface area contributed by atoms with Crippen molar-refractivity contribution >= 4 is 0 Å². The van der Waals surface area contributed by atoms with E-state index in [0.29, 0.717) is 19.0 Å². The Hall–Kier alpha value is -2.57. The first-order valence-electron chi connectivity index (χ1n) is 6.99. The number of imidazole rings is 1. The molecule has 4 heterocycles. The molecule has 7 nitrogen and oxygen atoms in total. The van der Waals surface area contributed by atoms with Gasteiger partial charge in [-0.25, -0.2) is 15.0 Å². The van der Waals surface area contributed by atoms with Crippen LogP contribution in [0.5, 0.6) is 0 Å². The van der Waals surface area contributed by atoms with Gasteiger partial charge < -0.3 is 4.90 Å². The zero-order valence-corrected chi connectivity index (χ0v) is 12.1. The van der Waals surface area contributed by atoms with E-state index in [9.17, 15) is 4.91 Å². The van der Waals surface area contributed by atoms with E-state index in [-0.39, 0.29) is 0 Å². The SMILES string of the molecule is CC1=CC[N+](=O)C2=C1N1CN(n3ccnc3C)CC1=CN2. The molecule has 0 saturated carbocycles. The fourth-order valence-electron chi connectivity index (χ4n) is 3.07. The molecule has 1 aromatic heterocycles. The summed E-state index contributed by atoms with van der Waals surface area (Å²) < 4.78 is 3.05. The zero-order chi connectivity index (χ0) is 14.6. The number of hydrogen-bond donors (Lipinski definition) is 1. The minimum atomic E-state index is 0.402. The van der Waals surface area contributed by atoms with E-state index in [1.54, 1.807) is 6.20 Å². The molecule has 0 atom stereocenters. The van der Waals surface area contributed by atoms with Gasteiger partial charge in [-0.1, -0.05) is 4.91 Å². The molecule has 0 aromatic carbocycles. The summed E-state index contributed by atoms with van der Waals surface area (Å²) in [5.41, 5.74) is 3.28. The lowest BCUT2D eigenvalue weighted by molar-refractivity contribution is -0.496. The van der Waals surface area contributed by atoms with Gasteiger partial charge in [0.1, 0.15) is 24.4 Å². The van der Waals surface area contributed by atoms with Crippen LogP contribution in [0.3, 0.4) is 0 Å². The number of allylic oxidation sites excluding steroid dienone is 1. The Balaban J connectivity index is 1.71. The second-order valence-electron chi connectivity index (χ2n) is 5.48. The summed E-state index contributed by atoms with van der Waals surface area (Å²) in [5, 5.41) is 5.35. The van der Waals surface area contributed by atoms with E-state index in [1.807, 2.05) is 25.4 Å². The van der Waals surface area contributed by atoms with Gasteiger partial charge in [0.05, 0.1) is 12.2 Å². The number of nitrogens with zero attached hydrogens (tertiary/aromatic N) is 5. The molecule has 4 rings (SSSR count). The fraction of sp³-hybridized carbons (Fsp3) is 0.357. The molecule has 1 aromatic rings. The molecule has 0 amide bonds. The van der Waals surface area contributed by atoms with Gasteiger partial charge in [0.25, 0.3) is 0 Å². The maximum atomic E-state index is 12.0. The van der Waals surface area contributed by atoms with Crippen molar-refractivity contribution in [2.24, 2.45) is 0 Å². The molecule has 0 radical (unpaired) electrons. The molecule has 21 heavy (non-hydrogen) atoms. The Bertz CT molecular complexity index is 726. The van der Waals surface area contributed by atoms with Crippen molar-refractivity contribution in [3.8, 4) is 0 Å². The van der Waals surface area contributed by atoms with Crippen LogP contribution in [-0.2, 0) is 0 Å². The number of aryl methyl sites for hydroxylation is 1. The highest BCUT2D eigenvalue weighted by Gasteiger charge is 2.39. The lowest BCUT2D eigenvalue weighted by atomic mass is 10.1. The molecule has 3 aliphatic heterocycles. The number of nitrogens with one attached hydrogen (secondary N) is 1. The van der Waals surface area contributed by atoms with Crippen LogP contribution in [0.15, 0.2) is 47.5 Å². The second kappa shape index (κ2) is 4.21. The summed E-state index contributed by atoms with van der Waals surface area (Å²) in [5.74, 6) is 1.60. The minimum absolute atomic E-state index is 0.402. The number of aromatic nitrogens is 2. The van der Waals surface area contributed by atoms with E-state index >= 15 is 0 Å². The van der Waals surface area contributed by atoms with E-state index in [1.165, 1.54) is 0 Å². The molecular weight excluding hydrogens is 268 g/mol. The van der Waals surface area contributed by atoms with Gasteiger partial charge in [-0.2, -0.15) is 0 Å². The molecule has 1 saturated heterocycles. The predicted molar refractivity (Wildman–Crippen MR) is 77.3 cm³/mol. The van der Waals surface area contributed by atoms with Gasteiger partial charge in [-0.15, -0.1) is 0 Å². The third-order valence-corrected chi connectivity index (χ3v) is 4.16. The molecule has 0 spiro atoms. The summed E-state index contributed by atoms with van der Waals surface area (Å²) in [6, 6.07) is 0. The van der Waals surface area contributed by atoms with E-state index in [4.69, 9.17) is 0 Å². The number of rotatable bonds is 1. The highest BCUT2D eigenvalue weighted by molar-refractivity contribution is 5.40. The van der Waals surface area contributed by atoms with Gasteiger partial charge >= 0.3 is 5.82 Å². The van der Waals surface area contributed by atoms with E-state index < -0.39 is 0 Å². The molecule has 1 N–H and O–H groups in total. The normalized spacial score (nSPS) is 21.0. The number of nitroso groups, excluding NO2 is 1. The summed E-state index contributed by atoms with van der Waals surface area (Å²) >= 11 is 0. The largest absolute Gasteiger partial charge is 0.342 e. The van der Waals surface area contributed by atoms with Crippen LogP contribution < -0.4 is 10.3 Å². The Labute approximate surface area is 122 Å². The first-order valence-corrected chi connectivity index (χ1v) is 6.99. The van der Waals surface area contributed by atoms with Crippen LogP contribution in [0.1, 0.15) is 12.7 Å². The van der Waals surface area contributed by atoms with Crippen LogP contribution in [-0.4, -0.2) is 39.1 Å². The molecule has 108 valence electrons. The molecule has 0 bridgehead atoms. The van der Waals surface area contributed by atoms with Crippen LogP contribution in [0.25, 0.3) is 0 Å². The highest BCUT2D eigenvalue weighted by atomic mass is 16.3. The molecule has 7 heteroatoms. The van der Waals surface area contributed by atoms with Crippen LogP contribution in [0, 0.1) is 11.8 Å². The van der Waals surface area contributed by atoms with Crippen LogP contribution >= 0.6 is 0 Å². The Morgan fingerprint density at radius 1 is 1.38 bits per heavy atom. The summed E-state index contributed by atoms with van der Waals surface area (Å²) in [6.45, 7) is 5.94. The predicted octanol–water partition coefficient (Wildman–Crippen LogP) is 0.755. The lowest BCUT2D eigenvalue weighted by Crippen LogP contribution is -2.38. The van der Waals surface area contributed by atoms with Gasteiger partial charge in [-0.3, -0.25) is 5.01 Å². The van der Waals surface area contributed by atoms with Crippen molar-refractivity contribution in [1.29, 1.82) is 0 Å². The first-order chi connectivity index (χ1) is 10.1. The summed E-state index contributed by atoms with van der Waals surface area (Å²) in [7, 11) is 0. The lowest BCUT2D eigenvalue weighted by Gasteiger charge is -2.28. The molecular formula is C14H17N6O+. The maximum Gasteiger partial charge on any atom is 0.342 e. The van der Waals surface area contributed by atoms with Gasteiger partial charge in [-0.05, 0) is 30.3 Å². The number of hydrogen-bond acceptors (Lipinski definition) is 5. The molecule has 0 aliphatic carbocycles. The molecule has 1 fully saturated rings. The van der Waals surface area contributed by atoms with Crippen molar-refractivity contribution in [2.45, 2.75) is 13.8 Å². The Morgan fingerprint density at radius 2 is 2.24 bits per heavy atom. The summed E-state index contributed by atoms with van der Waals surface area (Å²) in [6.07, 6.45) is 7.66. The van der Waals surface area contributed by atoms with Crippen molar-refractivity contribution in [3.05, 3.63) is 58.2 Å². The van der Waals surface area contributed by atoms with Gasteiger partial charge in [0.2, 0.25) is 0 Å². The average molecular weight is 285 g/mol. The standard InChI is InChI=1S/C14H17N6O/c1-10-3-5-20(21)14-13(10)18-9-17(8-12(18)7-16-14)19-6-4-15-11(19)2/h3-4,6-7,16H,5,8-9H2,1-2H3/q+1. The van der Waals surface area contributed by atoms with Gasteiger partial charge in [0.15, 0.2) is 6.54 Å². The molecule has 0 unspecified atom stereocenters. The van der Waals surface area contributed by atoms with E-state index in [2.05, 4.69) is 31.8 Å². The number of fused-ring (bicyclic) bond motifs is 2. The van der Waals surface area contributed by atoms with Crippen molar-refractivity contribution < 1.29 is 4.76 Å². The Morgan fingerprint density at radius 3 is 3.00 bits per heavy atom. The maximum absolute atomic E-state index is 12.0. The van der Waals surface area contributed by atoms with Crippen molar-refractivity contribution in [1.82, 2.24) is 19.9 Å². The van der Waals surface area contributed by atoms with Crippen molar-refractivity contribution in [2.75, 3.05) is 24.8 Å². The first kappa shape index (κ1) is 12.2. The van der Waals surface area contributed by atoms with Crippen molar-refractivity contribution in [3.63, 3.8) is 0 Å². The van der Waals surface area contributed by atoms with Crippen LogP contribution in [0.4, 0.5) is 0 Å². The minimum Gasteiger partial charge on any atom is -0.313 e.